The minimum Gasteiger partial charge on any atom is -0.462 e. The fraction of sp³-hybridized carbons (Fsp3) is 0.526. The second-order valence-corrected chi connectivity index (χ2v) is 8.53. The molecule has 0 spiro atoms. The predicted octanol–water partition coefficient (Wildman–Crippen LogP) is 0.123. The Bertz CT molecular complexity index is 932. The zero-order valence-electron chi connectivity index (χ0n) is 17.6. The van der Waals surface area contributed by atoms with Crippen molar-refractivity contribution in [1.82, 2.24) is 4.73 Å². The van der Waals surface area contributed by atoms with E-state index in [9.17, 15) is 24.0 Å². The van der Waals surface area contributed by atoms with Crippen LogP contribution in [-0.2, 0) is 42.9 Å². The summed E-state index contributed by atoms with van der Waals surface area (Å²) in [6.07, 6.45) is -4.49. The molecule has 1 aliphatic rings. The molecule has 0 aromatic carbocycles. The van der Waals surface area contributed by atoms with Crippen LogP contribution in [0.4, 0.5) is 0 Å². The molecule has 0 radical (unpaired) electrons. The molecule has 1 saturated heterocycles. The summed E-state index contributed by atoms with van der Waals surface area (Å²) in [5.74, 6) is -2.99. The van der Waals surface area contributed by atoms with Crippen LogP contribution in [-0.4, -0.2) is 63.4 Å². The summed E-state index contributed by atoms with van der Waals surface area (Å²) in [5.41, 5.74) is -0.567. The number of nitrogens with zero attached hydrogens (tertiary/aromatic N) is 1. The standard InChI is InChI=1S/C19H22INO11/c1-10(22)27-9-19(20)17(30-13(4)25)15(28-11(2)23)16(29-12(3)24)18(31-19)32-21-8-6-5-7-14(21)26/h5-8,15-18H,9H2,1-4H3. The van der Waals surface area contributed by atoms with Crippen LogP contribution in [0, 0.1) is 0 Å². The van der Waals surface area contributed by atoms with Crippen LogP contribution in [0.1, 0.15) is 27.7 Å². The lowest BCUT2D eigenvalue weighted by atomic mass is 9.98. The molecule has 0 amide bonds. The molecule has 1 aromatic heterocycles. The predicted molar refractivity (Wildman–Crippen MR) is 112 cm³/mol. The Morgan fingerprint density at radius 2 is 1.56 bits per heavy atom. The van der Waals surface area contributed by atoms with Gasteiger partial charge in [-0.05, 0) is 28.7 Å². The smallest absolute Gasteiger partial charge is 0.303 e. The van der Waals surface area contributed by atoms with Crippen molar-refractivity contribution in [3.63, 3.8) is 0 Å². The number of esters is 4. The lowest BCUT2D eigenvalue weighted by Gasteiger charge is -2.47. The molecule has 13 heteroatoms. The monoisotopic (exact) mass is 567 g/mol. The Labute approximate surface area is 196 Å². The normalized spacial score (nSPS) is 27.0. The van der Waals surface area contributed by atoms with Gasteiger partial charge in [0.25, 0.3) is 11.8 Å². The number of rotatable bonds is 7. The summed E-state index contributed by atoms with van der Waals surface area (Å²) in [6, 6.07) is 4.20. The number of ether oxygens (including phenoxy) is 5. The van der Waals surface area contributed by atoms with Gasteiger partial charge in [0.15, 0.2) is 15.8 Å². The van der Waals surface area contributed by atoms with Gasteiger partial charge in [-0.15, -0.1) is 4.73 Å². The van der Waals surface area contributed by atoms with Crippen LogP contribution in [0.5, 0.6) is 0 Å². The molecule has 2 rings (SSSR count). The summed E-state index contributed by atoms with van der Waals surface area (Å²) in [5, 5.41) is 0. The van der Waals surface area contributed by atoms with E-state index in [4.69, 9.17) is 28.5 Å². The molecule has 32 heavy (non-hydrogen) atoms. The summed E-state index contributed by atoms with van der Waals surface area (Å²) in [6.45, 7) is 4.02. The van der Waals surface area contributed by atoms with Gasteiger partial charge in [-0.2, -0.15) is 0 Å². The SMILES string of the molecule is CC(=O)OCC1(I)OC(On2ccccc2=O)C(OC(C)=O)C(OC(C)=O)C1OC(C)=O. The quantitative estimate of drug-likeness (QED) is 0.192. The second-order valence-electron chi connectivity index (χ2n) is 6.70. The first-order valence-electron chi connectivity index (χ1n) is 9.29. The van der Waals surface area contributed by atoms with E-state index in [1.54, 1.807) is 22.6 Å². The third kappa shape index (κ3) is 6.66. The molecule has 1 aromatic rings. The second kappa shape index (κ2) is 10.8. The summed E-state index contributed by atoms with van der Waals surface area (Å²) in [4.78, 5) is 64.6. The average Bonchev–Trinajstić information content (AvgIpc) is 2.67. The maximum Gasteiger partial charge on any atom is 0.303 e. The van der Waals surface area contributed by atoms with E-state index in [1.165, 1.54) is 24.4 Å². The topological polar surface area (TPSA) is 146 Å². The summed E-state index contributed by atoms with van der Waals surface area (Å²) in [7, 11) is 0. The van der Waals surface area contributed by atoms with E-state index in [1.807, 2.05) is 0 Å². The molecule has 0 bridgehead atoms. The highest BCUT2D eigenvalue weighted by atomic mass is 127. The molecule has 176 valence electrons. The third-order valence-electron chi connectivity index (χ3n) is 4.00. The number of hydrogen-bond donors (Lipinski definition) is 0. The number of hydrogen-bond acceptors (Lipinski definition) is 11. The fourth-order valence-corrected chi connectivity index (χ4v) is 3.77. The Hall–Kier alpha value is -2.68. The van der Waals surface area contributed by atoms with Crippen LogP contribution in [0.25, 0.3) is 0 Å². The minimum absolute atomic E-state index is 0.449. The van der Waals surface area contributed by atoms with Gasteiger partial charge < -0.3 is 28.5 Å². The van der Waals surface area contributed by atoms with E-state index in [0.717, 1.165) is 32.4 Å². The van der Waals surface area contributed by atoms with Gasteiger partial charge in [-0.3, -0.25) is 24.0 Å². The summed E-state index contributed by atoms with van der Waals surface area (Å²) >= 11 is 1.72. The van der Waals surface area contributed by atoms with E-state index in [2.05, 4.69) is 0 Å². The minimum atomic E-state index is -1.64. The molecule has 1 aliphatic heterocycles. The van der Waals surface area contributed by atoms with Gasteiger partial charge in [0, 0.05) is 40.0 Å². The summed E-state index contributed by atoms with van der Waals surface area (Å²) < 4.78 is 26.1. The molecule has 5 atom stereocenters. The van der Waals surface area contributed by atoms with Crippen molar-refractivity contribution in [2.75, 3.05) is 6.61 Å². The zero-order valence-corrected chi connectivity index (χ0v) is 19.8. The molecule has 5 unspecified atom stereocenters. The van der Waals surface area contributed by atoms with Crippen LogP contribution in [0.2, 0.25) is 0 Å². The van der Waals surface area contributed by atoms with Gasteiger partial charge in [-0.25, -0.2) is 0 Å². The van der Waals surface area contributed by atoms with Crippen molar-refractivity contribution in [3.05, 3.63) is 34.7 Å². The number of carbonyl (C=O) groups excluding carboxylic acids is 4. The van der Waals surface area contributed by atoms with Crippen molar-refractivity contribution in [2.24, 2.45) is 0 Å². The number of halogens is 1. The average molecular weight is 567 g/mol. The van der Waals surface area contributed by atoms with Crippen LogP contribution in [0.3, 0.4) is 0 Å². The van der Waals surface area contributed by atoms with E-state index < -0.39 is 64.3 Å². The number of carbonyl (C=O) groups is 4. The Balaban J connectivity index is 2.56. The molecular weight excluding hydrogens is 545 g/mol. The Morgan fingerprint density at radius 1 is 0.969 bits per heavy atom. The van der Waals surface area contributed by atoms with Gasteiger partial charge in [0.1, 0.15) is 6.61 Å². The van der Waals surface area contributed by atoms with Crippen molar-refractivity contribution in [1.29, 1.82) is 0 Å². The fourth-order valence-electron chi connectivity index (χ4n) is 2.88. The van der Waals surface area contributed by atoms with E-state index in [-0.39, 0.29) is 0 Å². The number of alkyl halides is 1. The van der Waals surface area contributed by atoms with Crippen LogP contribution < -0.4 is 10.4 Å². The molecule has 12 nitrogen and oxygen atoms in total. The highest BCUT2D eigenvalue weighted by molar-refractivity contribution is 14.1. The van der Waals surface area contributed by atoms with Gasteiger partial charge in [0.05, 0.1) is 0 Å². The van der Waals surface area contributed by atoms with Crippen molar-refractivity contribution in [3.8, 4) is 0 Å². The van der Waals surface area contributed by atoms with Crippen molar-refractivity contribution in [2.45, 2.75) is 55.9 Å². The first-order valence-corrected chi connectivity index (χ1v) is 10.4. The highest BCUT2D eigenvalue weighted by Gasteiger charge is 2.60. The molecule has 0 N–H and O–H groups in total. The lowest BCUT2D eigenvalue weighted by Crippen LogP contribution is -2.68. The largest absolute Gasteiger partial charge is 0.462 e. The maximum atomic E-state index is 12.1. The van der Waals surface area contributed by atoms with E-state index >= 15 is 0 Å². The van der Waals surface area contributed by atoms with Gasteiger partial charge >= 0.3 is 23.9 Å². The first-order chi connectivity index (χ1) is 14.9. The number of pyridine rings is 1. The Morgan fingerprint density at radius 3 is 2.09 bits per heavy atom. The van der Waals surface area contributed by atoms with Gasteiger partial charge in [-0.1, -0.05) is 6.07 Å². The molecule has 0 saturated carbocycles. The third-order valence-corrected chi connectivity index (χ3v) is 5.18. The highest BCUT2D eigenvalue weighted by Crippen LogP contribution is 2.40. The van der Waals surface area contributed by atoms with Crippen molar-refractivity contribution >= 4 is 46.5 Å². The maximum absolute atomic E-state index is 12.1. The first kappa shape index (κ1) is 25.6. The van der Waals surface area contributed by atoms with Crippen molar-refractivity contribution < 1.29 is 47.7 Å². The zero-order chi connectivity index (χ0) is 24.1. The lowest BCUT2D eigenvalue weighted by molar-refractivity contribution is -0.313. The van der Waals surface area contributed by atoms with Crippen LogP contribution >= 0.6 is 22.6 Å². The molecule has 1 fully saturated rings. The number of aromatic nitrogens is 1. The van der Waals surface area contributed by atoms with E-state index in [0.29, 0.717) is 0 Å². The van der Waals surface area contributed by atoms with Crippen LogP contribution in [0.15, 0.2) is 29.2 Å². The Kier molecular flexibility index (Phi) is 8.60. The molecule has 0 aliphatic carbocycles. The molecule has 2 heterocycles. The molecular formula is C19H22INO11. The van der Waals surface area contributed by atoms with Gasteiger partial charge in [0.2, 0.25) is 6.10 Å².